The Bertz CT molecular complexity index is 216. The highest BCUT2D eigenvalue weighted by molar-refractivity contribution is 5.76. The molecule has 1 amide bonds. The van der Waals surface area contributed by atoms with Gasteiger partial charge in [0.15, 0.2) is 0 Å². The second kappa shape index (κ2) is 5.47. The molecule has 4 nitrogen and oxygen atoms in total. The minimum absolute atomic E-state index is 0.126. The van der Waals surface area contributed by atoms with Gasteiger partial charge in [-0.05, 0) is 33.9 Å². The molecule has 2 unspecified atom stereocenters. The Morgan fingerprint density at radius 3 is 2.73 bits per heavy atom. The van der Waals surface area contributed by atoms with E-state index in [-0.39, 0.29) is 11.9 Å². The Hall–Kier alpha value is -0.610. The van der Waals surface area contributed by atoms with Crippen molar-refractivity contribution in [1.29, 1.82) is 0 Å². The lowest BCUT2D eigenvalue weighted by Crippen LogP contribution is -2.34. The highest BCUT2D eigenvalue weighted by atomic mass is 16.2. The fourth-order valence-electron chi connectivity index (χ4n) is 1.90. The van der Waals surface area contributed by atoms with Gasteiger partial charge in [-0.1, -0.05) is 0 Å². The summed E-state index contributed by atoms with van der Waals surface area (Å²) >= 11 is 0. The summed E-state index contributed by atoms with van der Waals surface area (Å²) in [6.07, 6.45) is 2.48. The number of likely N-dealkylation sites (tertiary alicyclic amines) is 1. The zero-order valence-electron chi connectivity index (χ0n) is 10.1. The Morgan fingerprint density at radius 1 is 1.60 bits per heavy atom. The van der Waals surface area contributed by atoms with E-state index in [4.69, 9.17) is 5.73 Å². The number of hydrogen-bond acceptors (Lipinski definition) is 3. The van der Waals surface area contributed by atoms with Crippen molar-refractivity contribution in [2.75, 3.05) is 27.2 Å². The molecule has 1 aliphatic rings. The molecule has 1 aliphatic heterocycles. The van der Waals surface area contributed by atoms with E-state index in [1.807, 2.05) is 11.8 Å². The van der Waals surface area contributed by atoms with Crippen molar-refractivity contribution in [3.05, 3.63) is 0 Å². The first-order valence-corrected chi connectivity index (χ1v) is 5.70. The van der Waals surface area contributed by atoms with Crippen LogP contribution in [0.4, 0.5) is 0 Å². The molecule has 4 heteroatoms. The van der Waals surface area contributed by atoms with Gasteiger partial charge < -0.3 is 15.5 Å². The average Bonchev–Trinajstić information content (AvgIpc) is 2.62. The number of nitrogens with two attached hydrogens (primary N) is 1. The fourth-order valence-corrected chi connectivity index (χ4v) is 1.90. The summed E-state index contributed by atoms with van der Waals surface area (Å²) in [7, 11) is 4.14. The van der Waals surface area contributed by atoms with Crippen LogP contribution in [0.15, 0.2) is 0 Å². The number of carbonyl (C=O) groups is 1. The van der Waals surface area contributed by atoms with Crippen molar-refractivity contribution in [1.82, 2.24) is 9.80 Å². The van der Waals surface area contributed by atoms with E-state index >= 15 is 0 Å². The van der Waals surface area contributed by atoms with Crippen LogP contribution in [0.25, 0.3) is 0 Å². The Labute approximate surface area is 92.4 Å². The first-order chi connectivity index (χ1) is 7.00. The van der Waals surface area contributed by atoms with Gasteiger partial charge >= 0.3 is 0 Å². The molecule has 0 bridgehead atoms. The van der Waals surface area contributed by atoms with Crippen LogP contribution >= 0.6 is 0 Å². The molecular weight excluding hydrogens is 190 g/mol. The summed E-state index contributed by atoms with van der Waals surface area (Å²) in [6, 6.07) is 0.658. The van der Waals surface area contributed by atoms with Crippen molar-refractivity contribution in [3.63, 3.8) is 0 Å². The second-order valence-corrected chi connectivity index (χ2v) is 4.76. The van der Waals surface area contributed by atoms with Gasteiger partial charge in [-0.2, -0.15) is 0 Å². The molecule has 0 radical (unpaired) electrons. The summed E-state index contributed by atoms with van der Waals surface area (Å²) in [4.78, 5) is 15.9. The number of hydrogen-bond donors (Lipinski definition) is 1. The van der Waals surface area contributed by atoms with E-state index in [0.29, 0.717) is 12.5 Å². The zero-order valence-corrected chi connectivity index (χ0v) is 10.1. The summed E-state index contributed by atoms with van der Waals surface area (Å²) < 4.78 is 0. The minimum Gasteiger partial charge on any atom is -0.341 e. The van der Waals surface area contributed by atoms with Crippen molar-refractivity contribution >= 4 is 5.91 Å². The minimum atomic E-state index is 0.126. The van der Waals surface area contributed by atoms with Crippen LogP contribution in [0.3, 0.4) is 0 Å². The number of amides is 1. The van der Waals surface area contributed by atoms with Crippen LogP contribution in [0.2, 0.25) is 0 Å². The van der Waals surface area contributed by atoms with Crippen LogP contribution < -0.4 is 5.73 Å². The van der Waals surface area contributed by atoms with E-state index in [9.17, 15) is 4.79 Å². The number of rotatable bonds is 4. The van der Waals surface area contributed by atoms with Crippen molar-refractivity contribution < 1.29 is 4.79 Å². The van der Waals surface area contributed by atoms with Crippen molar-refractivity contribution in [2.24, 2.45) is 5.73 Å². The van der Waals surface area contributed by atoms with Gasteiger partial charge in [-0.25, -0.2) is 0 Å². The maximum atomic E-state index is 11.8. The van der Waals surface area contributed by atoms with E-state index < -0.39 is 0 Å². The quantitative estimate of drug-likeness (QED) is 0.729. The summed E-state index contributed by atoms with van der Waals surface area (Å²) in [5.74, 6) is 0.261. The van der Waals surface area contributed by atoms with Crippen LogP contribution in [0.1, 0.15) is 26.2 Å². The van der Waals surface area contributed by atoms with E-state index in [1.165, 1.54) is 0 Å². The van der Waals surface area contributed by atoms with Gasteiger partial charge in [-0.3, -0.25) is 4.79 Å². The lowest BCUT2D eigenvalue weighted by molar-refractivity contribution is -0.130. The van der Waals surface area contributed by atoms with Crippen molar-refractivity contribution in [2.45, 2.75) is 38.3 Å². The average molecular weight is 213 g/mol. The predicted octanol–water partition coefficient (Wildman–Crippen LogP) is 0.276. The molecule has 1 rings (SSSR count). The Balaban J connectivity index is 2.30. The Kier molecular flexibility index (Phi) is 4.54. The standard InChI is InChI=1S/C11H23N3O/c1-9(12)4-5-11(15)14-7-6-10(8-14)13(2)3/h9-10H,4-8,12H2,1-3H3. The SMILES string of the molecule is CC(N)CCC(=O)N1CCC(N(C)C)C1. The predicted molar refractivity (Wildman–Crippen MR) is 61.6 cm³/mol. The zero-order chi connectivity index (χ0) is 11.4. The lowest BCUT2D eigenvalue weighted by Gasteiger charge is -2.20. The van der Waals surface area contributed by atoms with E-state index in [1.54, 1.807) is 0 Å². The summed E-state index contributed by atoms with van der Waals surface area (Å²) in [6.45, 7) is 3.73. The molecule has 2 N–H and O–H groups in total. The Morgan fingerprint density at radius 2 is 2.27 bits per heavy atom. The summed E-state index contributed by atoms with van der Waals surface area (Å²) in [5.41, 5.74) is 5.64. The van der Waals surface area contributed by atoms with Crippen molar-refractivity contribution in [3.8, 4) is 0 Å². The third-order valence-electron chi connectivity index (χ3n) is 3.06. The molecule has 15 heavy (non-hydrogen) atoms. The van der Waals surface area contributed by atoms with Gasteiger partial charge in [0.05, 0.1) is 0 Å². The van der Waals surface area contributed by atoms with Crippen LogP contribution in [0, 0.1) is 0 Å². The monoisotopic (exact) mass is 213 g/mol. The highest BCUT2D eigenvalue weighted by Crippen LogP contribution is 2.14. The molecule has 0 aromatic carbocycles. The molecule has 0 aromatic rings. The first kappa shape index (κ1) is 12.5. The molecule has 0 spiro atoms. The van der Waals surface area contributed by atoms with Crippen LogP contribution in [-0.4, -0.2) is 55.0 Å². The molecular formula is C11H23N3O. The third-order valence-corrected chi connectivity index (χ3v) is 3.06. The lowest BCUT2D eigenvalue weighted by atomic mass is 10.2. The van der Waals surface area contributed by atoms with Gasteiger partial charge in [0.1, 0.15) is 0 Å². The highest BCUT2D eigenvalue weighted by Gasteiger charge is 2.26. The number of carbonyl (C=O) groups excluding carboxylic acids is 1. The van der Waals surface area contributed by atoms with E-state index in [0.717, 1.165) is 25.9 Å². The first-order valence-electron chi connectivity index (χ1n) is 5.70. The molecule has 0 aliphatic carbocycles. The van der Waals surface area contributed by atoms with Gasteiger partial charge in [-0.15, -0.1) is 0 Å². The maximum Gasteiger partial charge on any atom is 0.222 e. The fraction of sp³-hybridized carbons (Fsp3) is 0.909. The normalized spacial score (nSPS) is 23.5. The largest absolute Gasteiger partial charge is 0.341 e. The molecule has 1 fully saturated rings. The molecule has 0 aromatic heterocycles. The number of nitrogens with zero attached hydrogens (tertiary/aromatic N) is 2. The van der Waals surface area contributed by atoms with Gasteiger partial charge in [0, 0.05) is 31.6 Å². The third kappa shape index (κ3) is 3.80. The number of likely N-dealkylation sites (N-methyl/N-ethyl adjacent to an activating group) is 1. The van der Waals surface area contributed by atoms with Crippen LogP contribution in [-0.2, 0) is 4.79 Å². The van der Waals surface area contributed by atoms with E-state index in [2.05, 4.69) is 19.0 Å². The smallest absolute Gasteiger partial charge is 0.222 e. The molecule has 2 atom stereocenters. The topological polar surface area (TPSA) is 49.6 Å². The molecule has 0 saturated carbocycles. The molecule has 88 valence electrons. The maximum absolute atomic E-state index is 11.8. The summed E-state index contributed by atoms with van der Waals surface area (Å²) in [5, 5.41) is 0. The van der Waals surface area contributed by atoms with Gasteiger partial charge in [0.25, 0.3) is 0 Å². The second-order valence-electron chi connectivity index (χ2n) is 4.76. The van der Waals surface area contributed by atoms with Gasteiger partial charge in [0.2, 0.25) is 5.91 Å². The molecule has 1 heterocycles. The van der Waals surface area contributed by atoms with Crippen LogP contribution in [0.5, 0.6) is 0 Å². The molecule has 1 saturated heterocycles.